The number of benzene rings is 1. The van der Waals surface area contributed by atoms with E-state index in [0.29, 0.717) is 6.42 Å². The van der Waals surface area contributed by atoms with Crippen LogP contribution in [0.25, 0.3) is 10.4 Å². The average Bonchev–Trinajstić information content (AvgIpc) is 2.57. The van der Waals surface area contributed by atoms with E-state index in [1.54, 1.807) is 0 Å². The van der Waals surface area contributed by atoms with Gasteiger partial charge in [-0.3, -0.25) is 0 Å². The Morgan fingerprint density at radius 1 is 1.56 bits per heavy atom. The molecule has 0 aliphatic heterocycles. The van der Waals surface area contributed by atoms with Crippen molar-refractivity contribution in [3.63, 3.8) is 0 Å². The first-order valence-electron chi connectivity index (χ1n) is 4.84. The van der Waals surface area contributed by atoms with Crippen LogP contribution in [0.5, 0.6) is 0 Å². The van der Waals surface area contributed by atoms with E-state index in [0.717, 1.165) is 11.1 Å². The number of nitrogens with zero attached hydrogens (tertiary/aromatic N) is 3. The smallest absolute Gasteiger partial charge is 0.405 e. The Kier molecular flexibility index (Phi) is 2.66. The fourth-order valence-corrected chi connectivity index (χ4v) is 2.05. The first kappa shape index (κ1) is 10.3. The summed E-state index contributed by atoms with van der Waals surface area (Å²) in [5.74, 6) is 0. The van der Waals surface area contributed by atoms with Gasteiger partial charge in [-0.05, 0) is 23.1 Å². The highest BCUT2D eigenvalue weighted by molar-refractivity contribution is 5.66. The molecule has 1 aliphatic carbocycles. The molecule has 0 saturated carbocycles. The van der Waals surface area contributed by atoms with E-state index >= 15 is 0 Å². The normalized spacial score (nSPS) is 22.0. The van der Waals surface area contributed by atoms with Gasteiger partial charge in [0.2, 0.25) is 0 Å². The molecule has 0 fully saturated rings. The number of rotatable bonds is 2. The minimum absolute atomic E-state index is 0.376. The lowest BCUT2D eigenvalue weighted by molar-refractivity contribution is 0.188. The standard InChI is InChI=1S/C10H10N4O2/c11-14-13-8-5-6-3-1-2-4-7(6)9(8)12-10(15)16/h1-4,8-9,12H,5H2,(H,15,16)/t8-,9-/m1/s1. The Bertz CT molecular complexity index is 468. The Balaban J connectivity index is 2.35. The number of hydrogen-bond donors (Lipinski definition) is 2. The molecule has 6 heteroatoms. The summed E-state index contributed by atoms with van der Waals surface area (Å²) in [6.45, 7) is 0. The molecule has 1 aliphatic rings. The van der Waals surface area contributed by atoms with Crippen molar-refractivity contribution in [2.24, 2.45) is 5.11 Å². The number of nitrogens with one attached hydrogen (secondary N) is 1. The third kappa shape index (κ3) is 1.78. The Morgan fingerprint density at radius 3 is 3.00 bits per heavy atom. The number of azide groups is 1. The van der Waals surface area contributed by atoms with Crippen LogP contribution in [0.1, 0.15) is 17.2 Å². The van der Waals surface area contributed by atoms with Crippen LogP contribution < -0.4 is 5.32 Å². The van der Waals surface area contributed by atoms with E-state index in [1.807, 2.05) is 24.3 Å². The highest BCUT2D eigenvalue weighted by Crippen LogP contribution is 2.33. The fourth-order valence-electron chi connectivity index (χ4n) is 2.05. The zero-order chi connectivity index (χ0) is 11.5. The molecule has 1 aromatic carbocycles. The number of carboxylic acid groups (broad SMARTS) is 1. The largest absolute Gasteiger partial charge is 0.465 e. The summed E-state index contributed by atoms with van der Waals surface area (Å²) >= 11 is 0. The molecule has 16 heavy (non-hydrogen) atoms. The monoisotopic (exact) mass is 218 g/mol. The molecule has 0 spiro atoms. The summed E-state index contributed by atoms with van der Waals surface area (Å²) < 4.78 is 0. The quantitative estimate of drug-likeness (QED) is 0.452. The molecule has 0 radical (unpaired) electrons. The van der Waals surface area contributed by atoms with Crippen molar-refractivity contribution in [3.05, 3.63) is 45.8 Å². The second kappa shape index (κ2) is 4.12. The van der Waals surface area contributed by atoms with Crippen LogP contribution >= 0.6 is 0 Å². The van der Waals surface area contributed by atoms with Crippen LogP contribution in [0.15, 0.2) is 29.4 Å². The van der Waals surface area contributed by atoms with Crippen molar-refractivity contribution in [1.82, 2.24) is 5.32 Å². The van der Waals surface area contributed by atoms with Crippen LogP contribution in [0.3, 0.4) is 0 Å². The fraction of sp³-hybridized carbons (Fsp3) is 0.300. The van der Waals surface area contributed by atoms with Crippen LogP contribution in [0.2, 0.25) is 0 Å². The Hall–Kier alpha value is -2.20. The molecule has 2 atom stereocenters. The summed E-state index contributed by atoms with van der Waals surface area (Å²) in [6.07, 6.45) is -0.537. The minimum atomic E-state index is -1.11. The van der Waals surface area contributed by atoms with Gasteiger partial charge in [-0.25, -0.2) is 4.79 Å². The lowest BCUT2D eigenvalue weighted by Gasteiger charge is -2.15. The van der Waals surface area contributed by atoms with Gasteiger partial charge in [-0.1, -0.05) is 29.4 Å². The molecule has 6 nitrogen and oxygen atoms in total. The zero-order valence-electron chi connectivity index (χ0n) is 8.37. The van der Waals surface area contributed by atoms with E-state index in [4.69, 9.17) is 10.6 Å². The van der Waals surface area contributed by atoms with E-state index < -0.39 is 12.1 Å². The van der Waals surface area contributed by atoms with Crippen molar-refractivity contribution in [2.45, 2.75) is 18.5 Å². The lowest BCUT2D eigenvalue weighted by atomic mass is 10.1. The number of carbonyl (C=O) groups is 1. The molecule has 2 rings (SSSR count). The topological polar surface area (TPSA) is 98.1 Å². The van der Waals surface area contributed by atoms with Crippen molar-refractivity contribution in [3.8, 4) is 0 Å². The molecule has 1 aromatic rings. The van der Waals surface area contributed by atoms with Crippen LogP contribution in [0, 0.1) is 0 Å². The number of amides is 1. The predicted octanol–water partition coefficient (Wildman–Crippen LogP) is 2.23. The van der Waals surface area contributed by atoms with Gasteiger partial charge in [0, 0.05) is 4.91 Å². The molecular formula is C10H10N4O2. The minimum Gasteiger partial charge on any atom is -0.465 e. The second-order valence-corrected chi connectivity index (χ2v) is 3.60. The highest BCUT2D eigenvalue weighted by atomic mass is 16.4. The van der Waals surface area contributed by atoms with Crippen LogP contribution in [-0.4, -0.2) is 17.2 Å². The van der Waals surface area contributed by atoms with Gasteiger partial charge in [0.25, 0.3) is 0 Å². The van der Waals surface area contributed by atoms with Crippen molar-refractivity contribution < 1.29 is 9.90 Å². The van der Waals surface area contributed by atoms with Gasteiger partial charge in [0.1, 0.15) is 0 Å². The predicted molar refractivity (Wildman–Crippen MR) is 57.0 cm³/mol. The number of fused-ring (bicyclic) bond motifs is 1. The average molecular weight is 218 g/mol. The van der Waals surface area contributed by atoms with Gasteiger partial charge in [-0.15, -0.1) is 0 Å². The van der Waals surface area contributed by atoms with Gasteiger partial charge in [0.15, 0.2) is 0 Å². The van der Waals surface area contributed by atoms with E-state index in [1.165, 1.54) is 0 Å². The highest BCUT2D eigenvalue weighted by Gasteiger charge is 2.32. The molecule has 0 unspecified atom stereocenters. The zero-order valence-corrected chi connectivity index (χ0v) is 8.37. The molecule has 0 saturated heterocycles. The van der Waals surface area contributed by atoms with Gasteiger partial charge in [-0.2, -0.15) is 0 Å². The summed E-state index contributed by atoms with van der Waals surface area (Å²) in [7, 11) is 0. The summed E-state index contributed by atoms with van der Waals surface area (Å²) in [4.78, 5) is 13.4. The third-order valence-corrected chi connectivity index (χ3v) is 2.68. The first-order valence-corrected chi connectivity index (χ1v) is 4.84. The van der Waals surface area contributed by atoms with Crippen LogP contribution in [0.4, 0.5) is 4.79 Å². The Labute approximate surface area is 91.5 Å². The second-order valence-electron chi connectivity index (χ2n) is 3.60. The molecular weight excluding hydrogens is 208 g/mol. The van der Waals surface area contributed by atoms with Gasteiger partial charge >= 0.3 is 6.09 Å². The SMILES string of the molecule is [N-]=[N+]=N[C@@H]1Cc2ccccc2[C@H]1NC(=O)O. The molecule has 0 aromatic heterocycles. The Morgan fingerprint density at radius 2 is 2.31 bits per heavy atom. The van der Waals surface area contributed by atoms with E-state index in [2.05, 4.69) is 15.3 Å². The first-order chi connectivity index (χ1) is 7.72. The molecule has 1 amide bonds. The number of hydrogen-bond acceptors (Lipinski definition) is 2. The molecule has 0 heterocycles. The van der Waals surface area contributed by atoms with Crippen molar-refractivity contribution in [2.75, 3.05) is 0 Å². The van der Waals surface area contributed by atoms with Gasteiger partial charge < -0.3 is 10.4 Å². The van der Waals surface area contributed by atoms with E-state index in [9.17, 15) is 4.79 Å². The third-order valence-electron chi connectivity index (χ3n) is 2.68. The maximum absolute atomic E-state index is 10.7. The summed E-state index contributed by atoms with van der Waals surface area (Å²) in [5.41, 5.74) is 10.4. The summed E-state index contributed by atoms with van der Waals surface area (Å²) in [6, 6.07) is 6.67. The molecule has 82 valence electrons. The summed E-state index contributed by atoms with van der Waals surface area (Å²) in [5, 5.41) is 14.8. The van der Waals surface area contributed by atoms with Crippen molar-refractivity contribution >= 4 is 6.09 Å². The van der Waals surface area contributed by atoms with Crippen molar-refractivity contribution in [1.29, 1.82) is 0 Å². The van der Waals surface area contributed by atoms with Crippen LogP contribution in [-0.2, 0) is 6.42 Å². The molecule has 0 bridgehead atoms. The lowest BCUT2D eigenvalue weighted by Crippen LogP contribution is -2.31. The molecule has 2 N–H and O–H groups in total. The maximum Gasteiger partial charge on any atom is 0.405 e. The maximum atomic E-state index is 10.7. The van der Waals surface area contributed by atoms with Gasteiger partial charge in [0.05, 0.1) is 12.1 Å². The van der Waals surface area contributed by atoms with E-state index in [-0.39, 0.29) is 6.04 Å².